The second-order valence-corrected chi connectivity index (χ2v) is 5.13. The van der Waals surface area contributed by atoms with Crippen LogP contribution in [0.3, 0.4) is 0 Å². The summed E-state index contributed by atoms with van der Waals surface area (Å²) in [6.45, 7) is 2.89. The van der Waals surface area contributed by atoms with Crippen LogP contribution >= 0.6 is 11.3 Å². The molecule has 1 aliphatic rings. The van der Waals surface area contributed by atoms with Crippen molar-refractivity contribution in [2.75, 3.05) is 19.8 Å². The average Bonchev–Trinajstić information content (AvgIpc) is 2.77. The maximum Gasteiger partial charge on any atom is 0.263 e. The van der Waals surface area contributed by atoms with Gasteiger partial charge in [0.05, 0.1) is 23.4 Å². The highest BCUT2D eigenvalue weighted by atomic mass is 32.1. The zero-order valence-electron chi connectivity index (χ0n) is 9.73. The molecule has 6 heteroatoms. The number of aryl methyl sites for hydroxylation is 1. The van der Waals surface area contributed by atoms with Gasteiger partial charge in [-0.2, -0.15) is 0 Å². The van der Waals surface area contributed by atoms with Crippen molar-refractivity contribution in [2.45, 2.75) is 25.3 Å². The number of rotatable bonds is 3. The summed E-state index contributed by atoms with van der Waals surface area (Å²) in [6.07, 6.45) is 1.29. The van der Waals surface area contributed by atoms with Crippen molar-refractivity contribution >= 4 is 17.2 Å². The highest BCUT2D eigenvalue weighted by molar-refractivity contribution is 7.11. The lowest BCUT2D eigenvalue weighted by molar-refractivity contribution is 0.0126. The molecule has 17 heavy (non-hydrogen) atoms. The molecule has 2 N–H and O–H groups in total. The third kappa shape index (κ3) is 2.65. The van der Waals surface area contributed by atoms with Crippen LogP contribution in [0, 0.1) is 6.92 Å². The highest BCUT2D eigenvalue weighted by Crippen LogP contribution is 2.22. The third-order valence-electron chi connectivity index (χ3n) is 3.08. The number of aliphatic hydroxyl groups is 1. The van der Waals surface area contributed by atoms with Gasteiger partial charge in [0.25, 0.3) is 5.91 Å². The van der Waals surface area contributed by atoms with Gasteiger partial charge < -0.3 is 15.2 Å². The van der Waals surface area contributed by atoms with Gasteiger partial charge in [0.15, 0.2) is 0 Å². The van der Waals surface area contributed by atoms with Gasteiger partial charge in [-0.05, 0) is 19.8 Å². The molecule has 0 unspecified atom stereocenters. The number of amides is 1. The highest BCUT2D eigenvalue weighted by Gasteiger charge is 2.34. The fourth-order valence-electron chi connectivity index (χ4n) is 1.90. The van der Waals surface area contributed by atoms with Crippen molar-refractivity contribution in [1.82, 2.24) is 10.3 Å². The molecular weight excluding hydrogens is 240 g/mol. The monoisotopic (exact) mass is 256 g/mol. The number of carbonyl (C=O) groups excluding carboxylic acids is 1. The van der Waals surface area contributed by atoms with Crippen molar-refractivity contribution in [1.29, 1.82) is 0 Å². The molecular formula is C11H16N2O3S. The minimum Gasteiger partial charge on any atom is -0.394 e. The summed E-state index contributed by atoms with van der Waals surface area (Å²) in [6, 6.07) is 0. The number of carbonyl (C=O) groups is 1. The van der Waals surface area contributed by atoms with Crippen molar-refractivity contribution < 1.29 is 14.6 Å². The molecule has 1 aromatic rings. The van der Waals surface area contributed by atoms with E-state index in [0.717, 1.165) is 5.69 Å². The second kappa shape index (κ2) is 5.12. The van der Waals surface area contributed by atoms with Gasteiger partial charge in [0.1, 0.15) is 4.88 Å². The van der Waals surface area contributed by atoms with E-state index in [0.29, 0.717) is 30.9 Å². The summed E-state index contributed by atoms with van der Waals surface area (Å²) in [4.78, 5) is 16.7. The maximum atomic E-state index is 12.1. The molecule has 0 aromatic carbocycles. The molecule has 1 amide bonds. The van der Waals surface area contributed by atoms with Crippen molar-refractivity contribution in [3.05, 3.63) is 16.1 Å². The first kappa shape index (κ1) is 12.5. The minimum absolute atomic E-state index is 0.0556. The molecule has 0 radical (unpaired) electrons. The van der Waals surface area contributed by atoms with Gasteiger partial charge in [0.2, 0.25) is 0 Å². The van der Waals surface area contributed by atoms with Crippen molar-refractivity contribution in [2.24, 2.45) is 0 Å². The first-order valence-electron chi connectivity index (χ1n) is 5.58. The van der Waals surface area contributed by atoms with Gasteiger partial charge in [-0.1, -0.05) is 0 Å². The molecule has 1 aromatic heterocycles. The van der Waals surface area contributed by atoms with Crippen LogP contribution in [0.5, 0.6) is 0 Å². The van der Waals surface area contributed by atoms with Crippen LogP contribution in [0.25, 0.3) is 0 Å². The van der Waals surface area contributed by atoms with E-state index >= 15 is 0 Å². The van der Waals surface area contributed by atoms with E-state index in [-0.39, 0.29) is 12.5 Å². The minimum atomic E-state index is -0.536. The lowest BCUT2D eigenvalue weighted by Crippen LogP contribution is -2.54. The lowest BCUT2D eigenvalue weighted by Gasteiger charge is -2.36. The first-order chi connectivity index (χ1) is 8.17. The molecule has 2 rings (SSSR count). The molecule has 94 valence electrons. The Hall–Kier alpha value is -0.980. The Bertz CT molecular complexity index is 399. The predicted octanol–water partition coefficient (Wildman–Crippen LogP) is 0.723. The largest absolute Gasteiger partial charge is 0.394 e. The molecule has 0 saturated carbocycles. The van der Waals surface area contributed by atoms with Crippen molar-refractivity contribution in [3.63, 3.8) is 0 Å². The van der Waals surface area contributed by atoms with E-state index in [2.05, 4.69) is 10.3 Å². The number of nitrogens with zero attached hydrogens (tertiary/aromatic N) is 1. The molecule has 1 aliphatic heterocycles. The fraction of sp³-hybridized carbons (Fsp3) is 0.636. The number of hydrogen-bond donors (Lipinski definition) is 2. The smallest absolute Gasteiger partial charge is 0.263 e. The Morgan fingerprint density at radius 3 is 2.88 bits per heavy atom. The Morgan fingerprint density at radius 1 is 1.65 bits per heavy atom. The zero-order valence-corrected chi connectivity index (χ0v) is 10.5. The first-order valence-corrected chi connectivity index (χ1v) is 6.46. The van der Waals surface area contributed by atoms with Gasteiger partial charge in [0, 0.05) is 13.2 Å². The molecule has 0 spiro atoms. The quantitative estimate of drug-likeness (QED) is 0.836. The Kier molecular flexibility index (Phi) is 3.76. The normalized spacial score (nSPS) is 18.9. The molecule has 1 fully saturated rings. The van der Waals surface area contributed by atoms with Gasteiger partial charge in [-0.15, -0.1) is 11.3 Å². The lowest BCUT2D eigenvalue weighted by atomic mass is 9.91. The Labute approximate surface area is 104 Å². The summed E-state index contributed by atoms with van der Waals surface area (Å²) in [5.41, 5.74) is 1.85. The molecule has 1 saturated heterocycles. The summed E-state index contributed by atoms with van der Waals surface area (Å²) >= 11 is 1.32. The molecule has 0 aliphatic carbocycles. The van der Waals surface area contributed by atoms with Gasteiger partial charge in [-0.3, -0.25) is 4.79 Å². The van der Waals surface area contributed by atoms with Crippen LogP contribution in [-0.4, -0.2) is 41.4 Å². The van der Waals surface area contributed by atoms with E-state index in [4.69, 9.17) is 4.74 Å². The van der Waals surface area contributed by atoms with Crippen LogP contribution in [0.2, 0.25) is 0 Å². The van der Waals surface area contributed by atoms with Gasteiger partial charge in [-0.25, -0.2) is 4.98 Å². The van der Waals surface area contributed by atoms with E-state index < -0.39 is 5.54 Å². The Morgan fingerprint density at radius 2 is 2.35 bits per heavy atom. The van der Waals surface area contributed by atoms with Crippen LogP contribution in [0.1, 0.15) is 28.2 Å². The summed E-state index contributed by atoms with van der Waals surface area (Å²) < 4.78 is 5.25. The number of thiazole rings is 1. The molecule has 0 atom stereocenters. The SMILES string of the molecule is Cc1ncsc1C(=O)NC1(CO)CCOCC1. The number of hydrogen-bond acceptors (Lipinski definition) is 5. The molecule has 5 nitrogen and oxygen atoms in total. The third-order valence-corrected chi connectivity index (χ3v) is 4.01. The van der Waals surface area contributed by atoms with Crippen molar-refractivity contribution in [3.8, 4) is 0 Å². The van der Waals surface area contributed by atoms with E-state index in [1.54, 1.807) is 12.4 Å². The molecule has 0 bridgehead atoms. The standard InChI is InChI=1S/C11H16N2O3S/c1-8-9(17-7-12-8)10(15)13-11(6-14)2-4-16-5-3-11/h7,14H,2-6H2,1H3,(H,13,15). The second-order valence-electron chi connectivity index (χ2n) is 4.27. The number of aliphatic hydroxyl groups excluding tert-OH is 1. The van der Waals surface area contributed by atoms with E-state index in [1.807, 2.05) is 0 Å². The topological polar surface area (TPSA) is 71.5 Å². The summed E-state index contributed by atoms with van der Waals surface area (Å²) in [5.74, 6) is -0.152. The number of aromatic nitrogens is 1. The van der Waals surface area contributed by atoms with Crippen LogP contribution in [0.15, 0.2) is 5.51 Å². The Balaban J connectivity index is 2.08. The van der Waals surface area contributed by atoms with E-state index in [9.17, 15) is 9.90 Å². The van der Waals surface area contributed by atoms with E-state index in [1.165, 1.54) is 11.3 Å². The summed E-state index contributed by atoms with van der Waals surface area (Å²) in [7, 11) is 0. The van der Waals surface area contributed by atoms with Crippen LogP contribution in [0.4, 0.5) is 0 Å². The maximum absolute atomic E-state index is 12.1. The number of ether oxygens (including phenoxy) is 1. The van der Waals surface area contributed by atoms with Crippen LogP contribution in [-0.2, 0) is 4.74 Å². The summed E-state index contributed by atoms with van der Waals surface area (Å²) in [5, 5.41) is 12.4. The zero-order chi connectivity index (χ0) is 12.3. The number of nitrogens with one attached hydrogen (secondary N) is 1. The van der Waals surface area contributed by atoms with Crippen LogP contribution < -0.4 is 5.32 Å². The molecule has 2 heterocycles. The average molecular weight is 256 g/mol. The predicted molar refractivity (Wildman–Crippen MR) is 64.2 cm³/mol. The van der Waals surface area contributed by atoms with Gasteiger partial charge >= 0.3 is 0 Å². The fourth-order valence-corrected chi connectivity index (χ4v) is 2.60.